The Bertz CT molecular complexity index is 936. The van der Waals surface area contributed by atoms with Gasteiger partial charge in [-0.15, -0.1) is 0 Å². The summed E-state index contributed by atoms with van der Waals surface area (Å²) in [4.78, 5) is 12.9. The second-order valence-corrected chi connectivity index (χ2v) is 8.74. The lowest BCUT2D eigenvalue weighted by Gasteiger charge is -2.26. The molecule has 1 aliphatic carbocycles. The maximum atomic E-state index is 12.9. The average molecular weight is 390 g/mol. The summed E-state index contributed by atoms with van der Waals surface area (Å²) in [6.45, 7) is 6.84. The maximum Gasteiger partial charge on any atom is 0.255 e. The SMILES string of the molecule is Cc1cccc2c1OCC(C(=O)Nc1ccc(C(C)C)c(C3CCCCC3)c1)=C2. The lowest BCUT2D eigenvalue weighted by atomic mass is 9.80. The van der Waals surface area contributed by atoms with E-state index < -0.39 is 0 Å². The van der Waals surface area contributed by atoms with E-state index in [1.807, 2.05) is 37.3 Å². The Morgan fingerprint density at radius 3 is 2.66 bits per heavy atom. The van der Waals surface area contributed by atoms with Crippen LogP contribution >= 0.6 is 0 Å². The fourth-order valence-electron chi connectivity index (χ4n) is 4.65. The zero-order chi connectivity index (χ0) is 20.4. The number of ether oxygens (including phenoxy) is 1. The highest BCUT2D eigenvalue weighted by molar-refractivity contribution is 6.07. The zero-order valence-corrected chi connectivity index (χ0v) is 17.8. The van der Waals surface area contributed by atoms with Gasteiger partial charge in [-0.2, -0.15) is 0 Å². The molecule has 0 aromatic heterocycles. The first kappa shape index (κ1) is 19.8. The standard InChI is InChI=1S/C26H31NO2/c1-17(2)23-13-12-22(15-24(23)19-9-5-4-6-10-19)27-26(28)21-14-20-11-7-8-18(3)25(20)29-16-21/h7-8,11-15,17,19H,4-6,9-10,16H2,1-3H3,(H,27,28). The number of fused-ring (bicyclic) bond motifs is 1. The van der Waals surface area contributed by atoms with E-state index in [-0.39, 0.29) is 5.91 Å². The van der Waals surface area contributed by atoms with Crippen molar-refractivity contribution >= 4 is 17.7 Å². The molecule has 1 saturated carbocycles. The predicted molar refractivity (Wildman–Crippen MR) is 120 cm³/mol. The fraction of sp³-hybridized carbons (Fsp3) is 0.423. The Hall–Kier alpha value is -2.55. The minimum absolute atomic E-state index is 0.0796. The molecule has 2 aromatic rings. The summed E-state index contributed by atoms with van der Waals surface area (Å²) in [5.74, 6) is 1.91. The van der Waals surface area contributed by atoms with Crippen molar-refractivity contribution in [1.29, 1.82) is 0 Å². The third kappa shape index (κ3) is 4.24. The number of amides is 1. The minimum atomic E-state index is -0.0796. The van der Waals surface area contributed by atoms with Gasteiger partial charge in [-0.25, -0.2) is 0 Å². The van der Waals surface area contributed by atoms with Gasteiger partial charge in [0.2, 0.25) is 0 Å². The molecule has 3 nitrogen and oxygen atoms in total. The number of carbonyl (C=O) groups excluding carboxylic acids is 1. The molecular weight excluding hydrogens is 358 g/mol. The molecule has 0 radical (unpaired) electrons. The number of benzene rings is 2. The molecular formula is C26H31NO2. The average Bonchev–Trinajstić information content (AvgIpc) is 2.74. The van der Waals surface area contributed by atoms with Crippen LogP contribution in [0.2, 0.25) is 0 Å². The van der Waals surface area contributed by atoms with Crippen LogP contribution in [0.5, 0.6) is 5.75 Å². The highest BCUT2D eigenvalue weighted by atomic mass is 16.5. The van der Waals surface area contributed by atoms with Crippen molar-refractivity contribution in [2.45, 2.75) is 64.7 Å². The van der Waals surface area contributed by atoms with E-state index in [1.165, 1.54) is 43.2 Å². The van der Waals surface area contributed by atoms with Crippen molar-refractivity contribution < 1.29 is 9.53 Å². The molecule has 0 unspecified atom stereocenters. The molecule has 0 saturated heterocycles. The van der Waals surface area contributed by atoms with Gasteiger partial charge in [-0.1, -0.05) is 57.4 Å². The first-order valence-corrected chi connectivity index (χ1v) is 10.9. The Kier molecular flexibility index (Phi) is 5.75. The summed E-state index contributed by atoms with van der Waals surface area (Å²) in [6.07, 6.45) is 8.42. The van der Waals surface area contributed by atoms with Gasteiger partial charge in [-0.3, -0.25) is 4.79 Å². The van der Waals surface area contributed by atoms with Gasteiger partial charge in [0.1, 0.15) is 12.4 Å². The van der Waals surface area contributed by atoms with E-state index >= 15 is 0 Å². The molecule has 2 aliphatic rings. The van der Waals surface area contributed by atoms with Gasteiger partial charge in [-0.05, 0) is 66.5 Å². The van der Waals surface area contributed by atoms with Crippen LogP contribution in [0.4, 0.5) is 5.69 Å². The van der Waals surface area contributed by atoms with Gasteiger partial charge < -0.3 is 10.1 Å². The predicted octanol–water partition coefficient (Wildman–Crippen LogP) is 6.58. The van der Waals surface area contributed by atoms with Crippen LogP contribution < -0.4 is 10.1 Å². The number of nitrogens with one attached hydrogen (secondary N) is 1. The number of anilines is 1. The van der Waals surface area contributed by atoms with Crippen molar-refractivity contribution in [2.24, 2.45) is 0 Å². The first-order chi connectivity index (χ1) is 14.0. The lowest BCUT2D eigenvalue weighted by molar-refractivity contribution is -0.113. The van der Waals surface area contributed by atoms with Crippen molar-refractivity contribution in [1.82, 2.24) is 0 Å². The molecule has 2 aromatic carbocycles. The van der Waals surface area contributed by atoms with E-state index in [0.717, 1.165) is 22.6 Å². The number of aryl methyl sites for hydroxylation is 1. The van der Waals surface area contributed by atoms with Crippen LogP contribution in [0.15, 0.2) is 42.0 Å². The van der Waals surface area contributed by atoms with Gasteiger partial charge in [0.15, 0.2) is 0 Å². The smallest absolute Gasteiger partial charge is 0.255 e. The Labute approximate surface area is 174 Å². The third-order valence-electron chi connectivity index (χ3n) is 6.25. The van der Waals surface area contributed by atoms with Crippen LogP contribution in [0, 0.1) is 6.92 Å². The Balaban J connectivity index is 1.57. The van der Waals surface area contributed by atoms with Gasteiger partial charge in [0, 0.05) is 11.3 Å². The second kappa shape index (κ2) is 8.44. The molecule has 0 spiro atoms. The quantitative estimate of drug-likeness (QED) is 0.641. The van der Waals surface area contributed by atoms with Gasteiger partial charge in [0.05, 0.1) is 5.57 Å². The van der Waals surface area contributed by atoms with E-state index in [1.54, 1.807) is 0 Å². The van der Waals surface area contributed by atoms with Gasteiger partial charge >= 0.3 is 0 Å². The van der Waals surface area contributed by atoms with E-state index in [2.05, 4.69) is 31.3 Å². The Morgan fingerprint density at radius 1 is 1.10 bits per heavy atom. The molecule has 1 amide bonds. The number of hydrogen-bond donors (Lipinski definition) is 1. The summed E-state index contributed by atoms with van der Waals surface area (Å²) in [5, 5.41) is 3.12. The number of hydrogen-bond acceptors (Lipinski definition) is 2. The zero-order valence-electron chi connectivity index (χ0n) is 17.8. The molecule has 1 aliphatic heterocycles. The summed E-state index contributed by atoms with van der Waals surface area (Å²) in [5.41, 5.74) is 6.46. The summed E-state index contributed by atoms with van der Waals surface area (Å²) in [7, 11) is 0. The molecule has 152 valence electrons. The second-order valence-electron chi connectivity index (χ2n) is 8.74. The minimum Gasteiger partial charge on any atom is -0.488 e. The number of carbonyl (C=O) groups is 1. The highest BCUT2D eigenvalue weighted by Crippen LogP contribution is 2.38. The lowest BCUT2D eigenvalue weighted by Crippen LogP contribution is -2.22. The van der Waals surface area contributed by atoms with E-state index in [4.69, 9.17) is 4.74 Å². The van der Waals surface area contributed by atoms with Crippen LogP contribution in [-0.2, 0) is 4.79 Å². The van der Waals surface area contributed by atoms with Crippen LogP contribution in [0.3, 0.4) is 0 Å². The Morgan fingerprint density at radius 2 is 1.90 bits per heavy atom. The molecule has 0 bridgehead atoms. The summed E-state index contributed by atoms with van der Waals surface area (Å²) >= 11 is 0. The number of para-hydroxylation sites is 1. The maximum absolute atomic E-state index is 12.9. The molecule has 3 heteroatoms. The van der Waals surface area contributed by atoms with Crippen LogP contribution in [0.1, 0.15) is 80.0 Å². The first-order valence-electron chi connectivity index (χ1n) is 10.9. The molecule has 29 heavy (non-hydrogen) atoms. The molecule has 0 atom stereocenters. The van der Waals surface area contributed by atoms with Crippen molar-refractivity contribution in [3.63, 3.8) is 0 Å². The molecule has 1 heterocycles. The third-order valence-corrected chi connectivity index (χ3v) is 6.25. The van der Waals surface area contributed by atoms with Crippen LogP contribution in [0.25, 0.3) is 6.08 Å². The van der Waals surface area contributed by atoms with Gasteiger partial charge in [0.25, 0.3) is 5.91 Å². The highest BCUT2D eigenvalue weighted by Gasteiger charge is 2.22. The molecule has 4 rings (SSSR count). The van der Waals surface area contributed by atoms with Crippen molar-refractivity contribution in [3.05, 3.63) is 64.2 Å². The van der Waals surface area contributed by atoms with E-state index in [9.17, 15) is 4.79 Å². The fourth-order valence-corrected chi connectivity index (χ4v) is 4.65. The number of rotatable bonds is 4. The monoisotopic (exact) mass is 389 g/mol. The normalized spacial score (nSPS) is 16.8. The van der Waals surface area contributed by atoms with Crippen molar-refractivity contribution in [3.8, 4) is 5.75 Å². The summed E-state index contributed by atoms with van der Waals surface area (Å²) in [6, 6.07) is 12.5. The molecule has 1 fully saturated rings. The molecule has 1 N–H and O–H groups in total. The van der Waals surface area contributed by atoms with Crippen molar-refractivity contribution in [2.75, 3.05) is 11.9 Å². The summed E-state index contributed by atoms with van der Waals surface area (Å²) < 4.78 is 5.87. The topological polar surface area (TPSA) is 38.3 Å². The largest absolute Gasteiger partial charge is 0.488 e. The van der Waals surface area contributed by atoms with E-state index in [0.29, 0.717) is 24.0 Å². The van der Waals surface area contributed by atoms with Crippen LogP contribution in [-0.4, -0.2) is 12.5 Å².